The Labute approximate surface area is 201 Å². The number of carbonyl (C=O) groups is 1. The van der Waals surface area contributed by atoms with E-state index in [1.807, 2.05) is 18.2 Å². The third-order valence-electron chi connectivity index (χ3n) is 6.08. The molecule has 0 bridgehead atoms. The van der Waals surface area contributed by atoms with E-state index in [1.165, 1.54) is 0 Å². The molecule has 4 aromatic rings. The summed E-state index contributed by atoms with van der Waals surface area (Å²) in [5.41, 5.74) is 3.37. The number of hydrogen-bond acceptors (Lipinski definition) is 6. The summed E-state index contributed by atoms with van der Waals surface area (Å²) in [5, 5.41) is 14.7. The number of aromatic amines is 1. The van der Waals surface area contributed by atoms with Crippen LogP contribution in [0.4, 0.5) is 16.2 Å². The van der Waals surface area contributed by atoms with Gasteiger partial charge in [-0.15, -0.1) is 0 Å². The van der Waals surface area contributed by atoms with Gasteiger partial charge in [-0.25, -0.2) is 9.78 Å². The summed E-state index contributed by atoms with van der Waals surface area (Å²) in [6, 6.07) is 12.5. The second-order valence-corrected chi connectivity index (χ2v) is 8.57. The molecule has 3 N–H and O–H groups in total. The molecule has 0 aliphatic carbocycles. The van der Waals surface area contributed by atoms with E-state index < -0.39 is 0 Å². The summed E-state index contributed by atoms with van der Waals surface area (Å²) >= 11 is 5.95. The molecule has 1 aromatic carbocycles. The van der Waals surface area contributed by atoms with Crippen molar-refractivity contribution in [3.05, 3.63) is 71.8 Å². The molecule has 2 amide bonds. The lowest BCUT2D eigenvalue weighted by Crippen LogP contribution is -2.51. The van der Waals surface area contributed by atoms with Gasteiger partial charge in [-0.2, -0.15) is 5.10 Å². The predicted octanol–water partition coefficient (Wildman–Crippen LogP) is 4.20. The third-order valence-corrected chi connectivity index (χ3v) is 6.33. The SMILES string of the molecule is COc1ccc(C2CN(c3ccnc4[nH]ncc34)CCC2NC(=O)Nc2ccc(Cl)cc2)nc1. The van der Waals surface area contributed by atoms with Crippen LogP contribution in [-0.4, -0.2) is 52.4 Å². The minimum atomic E-state index is -0.263. The number of nitrogens with zero attached hydrogens (tertiary/aromatic N) is 4. The highest BCUT2D eigenvalue weighted by atomic mass is 35.5. The van der Waals surface area contributed by atoms with Crippen molar-refractivity contribution in [3.8, 4) is 5.75 Å². The molecule has 0 radical (unpaired) electrons. The van der Waals surface area contributed by atoms with Crippen molar-refractivity contribution in [2.75, 3.05) is 30.4 Å². The molecule has 0 spiro atoms. The van der Waals surface area contributed by atoms with Crippen LogP contribution in [0.2, 0.25) is 5.02 Å². The van der Waals surface area contributed by atoms with Crippen LogP contribution in [0.25, 0.3) is 11.0 Å². The number of H-pyrrole nitrogens is 1. The second-order valence-electron chi connectivity index (χ2n) is 8.14. The van der Waals surface area contributed by atoms with Gasteiger partial charge in [0.05, 0.1) is 30.6 Å². The predicted molar refractivity (Wildman–Crippen MR) is 132 cm³/mol. The number of rotatable bonds is 5. The van der Waals surface area contributed by atoms with Gasteiger partial charge in [0, 0.05) is 47.7 Å². The fourth-order valence-corrected chi connectivity index (χ4v) is 4.48. The average molecular weight is 478 g/mol. The minimum Gasteiger partial charge on any atom is -0.495 e. The van der Waals surface area contributed by atoms with Gasteiger partial charge >= 0.3 is 6.03 Å². The topological polar surface area (TPSA) is 108 Å². The normalized spacial score (nSPS) is 18.0. The van der Waals surface area contributed by atoms with E-state index in [4.69, 9.17) is 16.3 Å². The van der Waals surface area contributed by atoms with Gasteiger partial charge in [0.2, 0.25) is 0 Å². The Balaban J connectivity index is 1.38. The first-order valence-electron chi connectivity index (χ1n) is 11.0. The zero-order chi connectivity index (χ0) is 23.5. The van der Waals surface area contributed by atoms with Crippen molar-refractivity contribution in [1.29, 1.82) is 0 Å². The second kappa shape index (κ2) is 9.56. The first-order valence-corrected chi connectivity index (χ1v) is 11.3. The van der Waals surface area contributed by atoms with Crippen LogP contribution < -0.4 is 20.3 Å². The number of piperidine rings is 1. The molecule has 3 aromatic heterocycles. The largest absolute Gasteiger partial charge is 0.495 e. The lowest BCUT2D eigenvalue weighted by atomic mass is 9.88. The van der Waals surface area contributed by atoms with Crippen LogP contribution in [0.3, 0.4) is 0 Å². The molecule has 1 fully saturated rings. The number of nitrogens with one attached hydrogen (secondary N) is 3. The zero-order valence-electron chi connectivity index (χ0n) is 18.5. The number of pyridine rings is 2. The maximum absolute atomic E-state index is 12.8. The molecule has 34 heavy (non-hydrogen) atoms. The molecule has 1 aliphatic rings. The number of benzene rings is 1. The molecule has 10 heteroatoms. The average Bonchev–Trinajstić information content (AvgIpc) is 3.35. The van der Waals surface area contributed by atoms with E-state index in [0.717, 1.165) is 35.4 Å². The van der Waals surface area contributed by atoms with Gasteiger partial charge in [-0.1, -0.05) is 11.6 Å². The van der Waals surface area contributed by atoms with Crippen molar-refractivity contribution in [1.82, 2.24) is 25.5 Å². The molecule has 1 aliphatic heterocycles. The monoisotopic (exact) mass is 477 g/mol. The minimum absolute atomic E-state index is 0.0364. The highest BCUT2D eigenvalue weighted by molar-refractivity contribution is 6.30. The standard InChI is InChI=1S/C24H24ClN7O2/c1-34-17-6-7-20(27-12-17)19-14-32(22-8-10-26-23-18(22)13-28-31-23)11-9-21(19)30-24(33)29-16-4-2-15(25)3-5-16/h2-8,10,12-13,19,21H,9,11,14H2,1H3,(H,26,28,31)(H2,29,30,33). The molecular weight excluding hydrogens is 454 g/mol. The number of ether oxygens (including phenoxy) is 1. The molecular formula is C24H24ClN7O2. The van der Waals surface area contributed by atoms with E-state index in [2.05, 4.69) is 35.7 Å². The maximum Gasteiger partial charge on any atom is 0.319 e. The number of hydrogen-bond donors (Lipinski definition) is 3. The number of urea groups is 1. The van der Waals surface area contributed by atoms with Gasteiger partial charge in [0.25, 0.3) is 0 Å². The summed E-state index contributed by atoms with van der Waals surface area (Å²) in [5.74, 6) is 0.654. The van der Waals surface area contributed by atoms with E-state index in [9.17, 15) is 4.79 Å². The lowest BCUT2D eigenvalue weighted by Gasteiger charge is -2.40. The number of carbonyl (C=O) groups excluding carboxylic acids is 1. The number of halogens is 1. The van der Waals surface area contributed by atoms with E-state index in [1.54, 1.807) is 50.0 Å². The summed E-state index contributed by atoms with van der Waals surface area (Å²) < 4.78 is 5.27. The molecule has 1 saturated heterocycles. The number of methoxy groups -OCH3 is 1. The van der Waals surface area contributed by atoms with Gasteiger partial charge in [0.15, 0.2) is 5.65 Å². The summed E-state index contributed by atoms with van der Waals surface area (Å²) in [6.45, 7) is 1.44. The maximum atomic E-state index is 12.8. The smallest absolute Gasteiger partial charge is 0.319 e. The van der Waals surface area contributed by atoms with Crippen LogP contribution in [0.5, 0.6) is 5.75 Å². The molecule has 5 rings (SSSR count). The van der Waals surface area contributed by atoms with Crippen molar-refractivity contribution >= 4 is 40.0 Å². The highest BCUT2D eigenvalue weighted by Crippen LogP contribution is 2.33. The Morgan fingerprint density at radius 1 is 1.15 bits per heavy atom. The highest BCUT2D eigenvalue weighted by Gasteiger charge is 2.33. The quantitative estimate of drug-likeness (QED) is 0.397. The fraction of sp³-hybridized carbons (Fsp3) is 0.250. The van der Waals surface area contributed by atoms with Crippen LogP contribution >= 0.6 is 11.6 Å². The summed E-state index contributed by atoms with van der Waals surface area (Å²) in [4.78, 5) is 24.1. The van der Waals surface area contributed by atoms with Crippen molar-refractivity contribution in [2.24, 2.45) is 0 Å². The van der Waals surface area contributed by atoms with Gasteiger partial charge in [-0.3, -0.25) is 10.1 Å². The Kier molecular flexibility index (Phi) is 6.18. The molecule has 174 valence electrons. The molecule has 4 heterocycles. The van der Waals surface area contributed by atoms with Crippen molar-refractivity contribution < 1.29 is 9.53 Å². The molecule has 2 atom stereocenters. The molecule has 0 saturated carbocycles. The van der Waals surface area contributed by atoms with Crippen LogP contribution in [0.15, 0.2) is 61.1 Å². The van der Waals surface area contributed by atoms with Crippen molar-refractivity contribution in [3.63, 3.8) is 0 Å². The number of anilines is 2. The summed E-state index contributed by atoms with van der Waals surface area (Å²) in [7, 11) is 1.62. The van der Waals surface area contributed by atoms with Crippen LogP contribution in [0.1, 0.15) is 18.0 Å². The van der Waals surface area contributed by atoms with Gasteiger partial charge in [-0.05, 0) is 48.9 Å². The molecule has 9 nitrogen and oxygen atoms in total. The molecule has 2 unspecified atom stereocenters. The Bertz CT molecular complexity index is 1280. The number of amides is 2. The lowest BCUT2D eigenvalue weighted by molar-refractivity contribution is 0.243. The van der Waals surface area contributed by atoms with E-state index in [-0.39, 0.29) is 18.0 Å². The Morgan fingerprint density at radius 2 is 2.00 bits per heavy atom. The van der Waals surface area contributed by atoms with Crippen LogP contribution in [-0.2, 0) is 0 Å². The fourth-order valence-electron chi connectivity index (χ4n) is 4.36. The number of aromatic nitrogens is 4. The zero-order valence-corrected chi connectivity index (χ0v) is 19.3. The number of fused-ring (bicyclic) bond motifs is 1. The first kappa shape index (κ1) is 22.0. The Morgan fingerprint density at radius 3 is 2.76 bits per heavy atom. The van der Waals surface area contributed by atoms with Crippen molar-refractivity contribution in [2.45, 2.75) is 18.4 Å². The van der Waals surface area contributed by atoms with E-state index >= 15 is 0 Å². The first-order chi connectivity index (χ1) is 16.6. The van der Waals surface area contributed by atoms with Crippen LogP contribution in [0, 0.1) is 0 Å². The third kappa shape index (κ3) is 4.60. The Hall–Kier alpha value is -3.85. The van der Waals surface area contributed by atoms with E-state index in [0.29, 0.717) is 23.0 Å². The van der Waals surface area contributed by atoms with Gasteiger partial charge < -0.3 is 20.3 Å². The summed E-state index contributed by atoms with van der Waals surface area (Å²) in [6.07, 6.45) is 6.02. The van der Waals surface area contributed by atoms with Gasteiger partial charge in [0.1, 0.15) is 5.75 Å².